The zero-order chi connectivity index (χ0) is 25.4. The summed E-state index contributed by atoms with van der Waals surface area (Å²) in [6.45, 7) is -1.50. The summed E-state index contributed by atoms with van der Waals surface area (Å²) in [6.07, 6.45) is -3.07. The standard InChI is InChI=1S/C22H19F4N3O2/c1-22(2,31)11-10-13-6-4-9-16(19(13)26)29(12-17(24)25)20-18-14(23)7-5-8-15(18)28(3)21(30)27-20/h4-9,17,31H,12H2,1-3H3/i3D3. The number of aromatic nitrogens is 2. The zero-order valence-electron chi connectivity index (χ0n) is 19.5. The Kier molecular flexibility index (Phi) is 4.98. The lowest BCUT2D eigenvalue weighted by atomic mass is 10.1. The van der Waals surface area contributed by atoms with Gasteiger partial charge in [-0.3, -0.25) is 4.57 Å². The number of aryl methyl sites for hydroxylation is 1. The summed E-state index contributed by atoms with van der Waals surface area (Å²) in [5.74, 6) is 2.02. The quantitative estimate of drug-likeness (QED) is 0.500. The topological polar surface area (TPSA) is 58.4 Å². The molecular formula is C22H19F4N3O2. The van der Waals surface area contributed by atoms with E-state index in [9.17, 15) is 23.1 Å². The maximum Gasteiger partial charge on any atom is 0.349 e. The van der Waals surface area contributed by atoms with Crippen molar-refractivity contribution in [2.24, 2.45) is 6.98 Å². The fourth-order valence-electron chi connectivity index (χ4n) is 2.90. The van der Waals surface area contributed by atoms with Crippen molar-refractivity contribution in [2.45, 2.75) is 25.9 Å². The van der Waals surface area contributed by atoms with Gasteiger partial charge in [0.25, 0.3) is 6.43 Å². The van der Waals surface area contributed by atoms with Crippen LogP contribution in [0, 0.1) is 23.5 Å². The molecule has 0 radical (unpaired) electrons. The Balaban J connectivity index is 2.37. The number of alkyl halides is 2. The van der Waals surface area contributed by atoms with Crippen LogP contribution in [0.4, 0.5) is 29.1 Å². The molecule has 162 valence electrons. The maximum absolute atomic E-state index is 15.3. The highest BCUT2D eigenvalue weighted by Crippen LogP contribution is 2.34. The number of halogens is 4. The molecule has 9 heteroatoms. The van der Waals surface area contributed by atoms with Crippen LogP contribution < -0.4 is 10.6 Å². The third kappa shape index (κ3) is 4.70. The predicted molar refractivity (Wildman–Crippen MR) is 110 cm³/mol. The Hall–Kier alpha value is -3.38. The maximum atomic E-state index is 15.3. The molecule has 0 saturated heterocycles. The second-order valence-electron chi connectivity index (χ2n) is 7.14. The summed E-state index contributed by atoms with van der Waals surface area (Å²) in [5.41, 5.74) is -3.99. The van der Waals surface area contributed by atoms with Crippen molar-refractivity contribution in [3.05, 3.63) is 64.1 Å². The Morgan fingerprint density at radius 3 is 2.61 bits per heavy atom. The lowest BCUT2D eigenvalue weighted by Crippen LogP contribution is -2.30. The van der Waals surface area contributed by atoms with Gasteiger partial charge >= 0.3 is 5.69 Å². The molecule has 1 N–H and O–H groups in total. The number of fused-ring (bicyclic) bond motifs is 1. The van der Waals surface area contributed by atoms with Crippen molar-refractivity contribution in [2.75, 3.05) is 11.4 Å². The van der Waals surface area contributed by atoms with Crippen LogP contribution in [0.5, 0.6) is 0 Å². The molecular weight excluding hydrogens is 414 g/mol. The third-order valence-electron chi connectivity index (χ3n) is 4.20. The first-order chi connectivity index (χ1) is 15.7. The van der Waals surface area contributed by atoms with Gasteiger partial charge in [0.05, 0.1) is 28.7 Å². The van der Waals surface area contributed by atoms with E-state index < -0.39 is 65.3 Å². The van der Waals surface area contributed by atoms with Gasteiger partial charge in [0, 0.05) is 11.1 Å². The van der Waals surface area contributed by atoms with Gasteiger partial charge in [0.1, 0.15) is 11.4 Å². The average molecular weight is 436 g/mol. The molecule has 0 spiro atoms. The third-order valence-corrected chi connectivity index (χ3v) is 4.20. The smallest absolute Gasteiger partial charge is 0.349 e. The molecule has 3 rings (SSSR count). The average Bonchev–Trinajstić information content (AvgIpc) is 2.69. The Morgan fingerprint density at radius 2 is 1.97 bits per heavy atom. The summed E-state index contributed by atoms with van der Waals surface area (Å²) >= 11 is 0. The van der Waals surface area contributed by atoms with Crippen molar-refractivity contribution in [1.82, 2.24) is 9.55 Å². The van der Waals surface area contributed by atoms with Gasteiger partial charge in [0.2, 0.25) is 0 Å². The summed E-state index contributed by atoms with van der Waals surface area (Å²) in [4.78, 5) is 16.8. The Labute approximate surface area is 179 Å². The second kappa shape index (κ2) is 8.40. The molecule has 1 aromatic heterocycles. The van der Waals surface area contributed by atoms with E-state index in [0.717, 1.165) is 24.3 Å². The minimum atomic E-state index is -3.07. The molecule has 0 aliphatic rings. The monoisotopic (exact) mass is 436 g/mol. The van der Waals surface area contributed by atoms with Crippen LogP contribution in [-0.4, -0.2) is 33.2 Å². The van der Waals surface area contributed by atoms with Crippen LogP contribution in [0.3, 0.4) is 0 Å². The Morgan fingerprint density at radius 1 is 1.26 bits per heavy atom. The van der Waals surface area contributed by atoms with Crippen LogP contribution in [-0.2, 0) is 6.98 Å². The molecule has 0 amide bonds. The molecule has 5 nitrogen and oxygen atoms in total. The van der Waals surface area contributed by atoms with Crippen LogP contribution >= 0.6 is 0 Å². The lowest BCUT2D eigenvalue weighted by molar-refractivity contribution is 0.143. The molecule has 31 heavy (non-hydrogen) atoms. The van der Waals surface area contributed by atoms with Gasteiger partial charge in [-0.15, -0.1) is 0 Å². The van der Waals surface area contributed by atoms with E-state index in [0.29, 0.717) is 4.90 Å². The molecule has 0 aliphatic carbocycles. The molecule has 0 aliphatic heterocycles. The highest BCUT2D eigenvalue weighted by Gasteiger charge is 2.25. The van der Waals surface area contributed by atoms with Crippen molar-refractivity contribution in [1.29, 1.82) is 0 Å². The molecule has 0 saturated carbocycles. The number of rotatable bonds is 4. The van der Waals surface area contributed by atoms with Gasteiger partial charge in [-0.05, 0) is 38.1 Å². The minimum absolute atomic E-state index is 0.250. The second-order valence-corrected chi connectivity index (χ2v) is 7.14. The summed E-state index contributed by atoms with van der Waals surface area (Å²) < 4.78 is 80.3. The SMILES string of the molecule is [2H]C([2H])([2H])n1c(=O)nc(N(CC(F)F)c2cccc(C#CC(C)(C)O)c2F)c2c(F)cccc21. The molecule has 2 aromatic carbocycles. The van der Waals surface area contributed by atoms with Crippen molar-refractivity contribution < 1.29 is 26.8 Å². The van der Waals surface area contributed by atoms with E-state index in [1.165, 1.54) is 26.0 Å². The number of nitrogens with zero attached hydrogens (tertiary/aromatic N) is 3. The number of aliphatic hydroxyl groups is 1. The summed E-state index contributed by atoms with van der Waals surface area (Å²) in [6, 6.07) is 6.86. The number of anilines is 2. The van der Waals surface area contributed by atoms with Crippen molar-refractivity contribution >= 4 is 22.4 Å². The van der Waals surface area contributed by atoms with Crippen LogP contribution in [0.2, 0.25) is 0 Å². The van der Waals surface area contributed by atoms with E-state index in [1.54, 1.807) is 0 Å². The van der Waals surface area contributed by atoms with E-state index in [-0.39, 0.29) is 10.1 Å². The van der Waals surface area contributed by atoms with Gasteiger partial charge in [-0.2, -0.15) is 4.98 Å². The predicted octanol–water partition coefficient (Wildman–Crippen LogP) is 3.74. The van der Waals surface area contributed by atoms with Crippen molar-refractivity contribution in [3.63, 3.8) is 0 Å². The number of benzene rings is 2. The molecule has 3 aromatic rings. The summed E-state index contributed by atoms with van der Waals surface area (Å²) in [7, 11) is 0. The zero-order valence-corrected chi connectivity index (χ0v) is 16.5. The minimum Gasteiger partial charge on any atom is -0.378 e. The molecule has 0 unspecified atom stereocenters. The van der Waals surface area contributed by atoms with E-state index in [4.69, 9.17) is 4.11 Å². The lowest BCUT2D eigenvalue weighted by Gasteiger charge is -2.26. The normalized spacial score (nSPS) is 13.4. The van der Waals surface area contributed by atoms with E-state index in [2.05, 4.69) is 16.8 Å². The van der Waals surface area contributed by atoms with E-state index >= 15 is 4.39 Å². The first-order valence-corrected chi connectivity index (χ1v) is 9.02. The van der Waals surface area contributed by atoms with Crippen LogP contribution in [0.1, 0.15) is 23.5 Å². The highest BCUT2D eigenvalue weighted by atomic mass is 19.3. The molecule has 1 heterocycles. The molecule has 0 bridgehead atoms. The fraction of sp³-hybridized carbons (Fsp3) is 0.273. The molecule has 0 fully saturated rings. The highest BCUT2D eigenvalue weighted by molar-refractivity contribution is 5.92. The number of hydrogen-bond donors (Lipinski definition) is 1. The Bertz CT molecular complexity index is 1360. The largest absolute Gasteiger partial charge is 0.378 e. The summed E-state index contributed by atoms with van der Waals surface area (Å²) in [5, 5.41) is 9.23. The fourth-order valence-corrected chi connectivity index (χ4v) is 2.90. The first kappa shape index (κ1) is 18.4. The van der Waals surface area contributed by atoms with Gasteiger partial charge < -0.3 is 10.0 Å². The molecule has 0 atom stereocenters. The number of hydrogen-bond acceptors (Lipinski definition) is 4. The van der Waals surface area contributed by atoms with Crippen molar-refractivity contribution in [3.8, 4) is 11.8 Å². The van der Waals surface area contributed by atoms with Gasteiger partial charge in [-0.1, -0.05) is 24.0 Å². The van der Waals surface area contributed by atoms with E-state index in [1.807, 2.05) is 0 Å². The van der Waals surface area contributed by atoms with Gasteiger partial charge in [-0.25, -0.2) is 22.4 Å². The van der Waals surface area contributed by atoms with Gasteiger partial charge in [0.15, 0.2) is 11.6 Å². The van der Waals surface area contributed by atoms with Crippen LogP contribution in [0.25, 0.3) is 10.9 Å². The van der Waals surface area contributed by atoms with Crippen LogP contribution in [0.15, 0.2) is 41.2 Å². The first-order valence-electron chi connectivity index (χ1n) is 10.5.